The molecule has 30 heavy (non-hydrogen) atoms. The Morgan fingerprint density at radius 1 is 1.13 bits per heavy atom. The zero-order valence-corrected chi connectivity index (χ0v) is 17.0. The van der Waals surface area contributed by atoms with Gasteiger partial charge in [0.05, 0.1) is 23.0 Å². The van der Waals surface area contributed by atoms with Crippen LogP contribution in [0.25, 0.3) is 22.5 Å². The second kappa shape index (κ2) is 8.02. The molecule has 4 aromatic rings. The molecule has 0 unspecified atom stereocenters. The average molecular weight is 407 g/mol. The van der Waals surface area contributed by atoms with Gasteiger partial charge >= 0.3 is 0 Å². The summed E-state index contributed by atoms with van der Waals surface area (Å²) >= 11 is 0. The van der Waals surface area contributed by atoms with E-state index in [0.29, 0.717) is 28.4 Å². The van der Waals surface area contributed by atoms with Crippen LogP contribution in [0.15, 0.2) is 42.9 Å². The lowest BCUT2D eigenvalue weighted by molar-refractivity contribution is -0.120. The first-order chi connectivity index (χ1) is 14.5. The van der Waals surface area contributed by atoms with Crippen LogP contribution in [0.2, 0.25) is 0 Å². The van der Waals surface area contributed by atoms with Crippen LogP contribution in [0.3, 0.4) is 0 Å². The molecule has 0 spiro atoms. The van der Waals surface area contributed by atoms with Gasteiger partial charge in [-0.25, -0.2) is 19.0 Å². The van der Waals surface area contributed by atoms with Crippen LogP contribution < -0.4 is 5.32 Å². The minimum absolute atomic E-state index is 0.0477. The number of fused-ring (bicyclic) bond motifs is 1. The number of nitrogens with one attached hydrogen (secondary N) is 1. The predicted molar refractivity (Wildman–Crippen MR) is 111 cm³/mol. The number of hydrogen-bond donors (Lipinski definition) is 1. The van der Waals surface area contributed by atoms with Crippen molar-refractivity contribution in [3.05, 3.63) is 54.4 Å². The SMILES string of the molecule is CCC(CC)C(=O)Nc1cc(C)nn1-c1ncnc2c1cnn2-c1ccc(F)cc1. The molecular weight excluding hydrogens is 385 g/mol. The lowest BCUT2D eigenvalue weighted by atomic mass is 10.0. The number of benzene rings is 1. The summed E-state index contributed by atoms with van der Waals surface area (Å²) in [6, 6.07) is 7.80. The monoisotopic (exact) mass is 407 g/mol. The van der Waals surface area contributed by atoms with Crippen molar-refractivity contribution in [2.24, 2.45) is 5.92 Å². The molecule has 4 rings (SSSR count). The fraction of sp³-hybridized carbons (Fsp3) is 0.286. The number of carbonyl (C=O) groups is 1. The van der Waals surface area contributed by atoms with Crippen molar-refractivity contribution < 1.29 is 9.18 Å². The van der Waals surface area contributed by atoms with Crippen molar-refractivity contribution >= 4 is 22.8 Å². The summed E-state index contributed by atoms with van der Waals surface area (Å²) in [7, 11) is 0. The van der Waals surface area contributed by atoms with Crippen molar-refractivity contribution in [1.82, 2.24) is 29.5 Å². The summed E-state index contributed by atoms with van der Waals surface area (Å²) in [5.74, 6) is 0.601. The van der Waals surface area contributed by atoms with E-state index in [1.165, 1.54) is 18.5 Å². The summed E-state index contributed by atoms with van der Waals surface area (Å²) in [6.45, 7) is 5.84. The number of hydrogen-bond acceptors (Lipinski definition) is 5. The predicted octanol–water partition coefficient (Wildman–Crippen LogP) is 3.82. The maximum Gasteiger partial charge on any atom is 0.228 e. The molecule has 1 amide bonds. The highest BCUT2D eigenvalue weighted by molar-refractivity contribution is 5.92. The van der Waals surface area contributed by atoms with Crippen molar-refractivity contribution in [1.29, 1.82) is 0 Å². The highest BCUT2D eigenvalue weighted by Gasteiger charge is 2.20. The van der Waals surface area contributed by atoms with Gasteiger partial charge in [-0.15, -0.1) is 0 Å². The Kier molecular flexibility index (Phi) is 5.26. The fourth-order valence-corrected chi connectivity index (χ4v) is 3.41. The Hall–Kier alpha value is -3.62. The number of aryl methyl sites for hydroxylation is 1. The van der Waals surface area contributed by atoms with Gasteiger partial charge in [-0.05, 0) is 44.0 Å². The van der Waals surface area contributed by atoms with E-state index in [9.17, 15) is 9.18 Å². The van der Waals surface area contributed by atoms with E-state index in [2.05, 4.69) is 25.5 Å². The second-order valence-corrected chi connectivity index (χ2v) is 7.05. The standard InChI is InChI=1S/C21H22FN7O/c1-4-14(5-2)21(30)26-18-10-13(3)27-29(18)20-17-11-25-28(19(17)23-12-24-20)16-8-6-15(22)7-9-16/h6-12,14H,4-5H2,1-3H3,(H,26,30). The van der Waals surface area contributed by atoms with Crippen LogP contribution >= 0.6 is 0 Å². The number of rotatable bonds is 6. The number of halogens is 1. The zero-order chi connectivity index (χ0) is 21.3. The third-order valence-electron chi connectivity index (χ3n) is 5.06. The Bertz CT molecular complexity index is 1190. The van der Waals surface area contributed by atoms with Gasteiger partial charge < -0.3 is 5.32 Å². The zero-order valence-electron chi connectivity index (χ0n) is 17.0. The van der Waals surface area contributed by atoms with E-state index >= 15 is 0 Å². The van der Waals surface area contributed by atoms with Gasteiger partial charge in [0, 0.05) is 12.0 Å². The molecule has 0 fully saturated rings. The lowest BCUT2D eigenvalue weighted by Crippen LogP contribution is -2.23. The molecule has 0 aliphatic heterocycles. The van der Waals surface area contributed by atoms with Crippen LogP contribution in [0.4, 0.5) is 10.2 Å². The second-order valence-electron chi connectivity index (χ2n) is 7.05. The van der Waals surface area contributed by atoms with E-state index in [1.54, 1.807) is 33.8 Å². The molecule has 0 aliphatic carbocycles. The van der Waals surface area contributed by atoms with E-state index in [1.807, 2.05) is 20.8 Å². The molecule has 3 aromatic heterocycles. The Balaban J connectivity index is 1.78. The average Bonchev–Trinajstić information content (AvgIpc) is 3.33. The van der Waals surface area contributed by atoms with Gasteiger partial charge in [-0.3, -0.25) is 4.79 Å². The molecular formula is C21H22FN7O. The minimum Gasteiger partial charge on any atom is -0.310 e. The maximum absolute atomic E-state index is 13.3. The highest BCUT2D eigenvalue weighted by Crippen LogP contribution is 2.25. The molecule has 154 valence electrons. The number of aromatic nitrogens is 6. The maximum atomic E-state index is 13.3. The molecule has 8 nitrogen and oxygen atoms in total. The molecule has 9 heteroatoms. The molecule has 0 atom stereocenters. The fourth-order valence-electron chi connectivity index (χ4n) is 3.41. The number of carbonyl (C=O) groups excluding carboxylic acids is 1. The Morgan fingerprint density at radius 2 is 1.87 bits per heavy atom. The van der Waals surface area contributed by atoms with Gasteiger partial charge in [0.1, 0.15) is 18.0 Å². The van der Waals surface area contributed by atoms with Crippen LogP contribution in [0, 0.1) is 18.7 Å². The van der Waals surface area contributed by atoms with E-state index < -0.39 is 0 Å². The normalized spacial score (nSPS) is 11.4. The molecule has 0 radical (unpaired) electrons. The summed E-state index contributed by atoms with van der Waals surface area (Å²) in [5, 5.41) is 12.5. The topological polar surface area (TPSA) is 90.5 Å². The molecule has 0 saturated carbocycles. The smallest absolute Gasteiger partial charge is 0.228 e. The van der Waals surface area contributed by atoms with Crippen molar-refractivity contribution in [3.8, 4) is 11.5 Å². The third-order valence-corrected chi connectivity index (χ3v) is 5.06. The molecule has 1 N–H and O–H groups in total. The van der Waals surface area contributed by atoms with Crippen molar-refractivity contribution in [3.63, 3.8) is 0 Å². The summed E-state index contributed by atoms with van der Waals surface area (Å²) in [4.78, 5) is 21.4. The van der Waals surface area contributed by atoms with Crippen LogP contribution in [0.1, 0.15) is 32.4 Å². The quantitative estimate of drug-likeness (QED) is 0.525. The molecule has 0 saturated heterocycles. The van der Waals surface area contributed by atoms with Crippen LogP contribution in [0.5, 0.6) is 0 Å². The first-order valence-electron chi connectivity index (χ1n) is 9.84. The lowest BCUT2D eigenvalue weighted by Gasteiger charge is -2.13. The van der Waals surface area contributed by atoms with Gasteiger partial charge in [0.15, 0.2) is 11.5 Å². The Morgan fingerprint density at radius 3 is 2.57 bits per heavy atom. The summed E-state index contributed by atoms with van der Waals surface area (Å²) < 4.78 is 16.5. The van der Waals surface area contributed by atoms with Gasteiger partial charge in [-0.1, -0.05) is 13.8 Å². The molecule has 0 aliphatic rings. The van der Waals surface area contributed by atoms with E-state index in [-0.39, 0.29) is 17.6 Å². The van der Waals surface area contributed by atoms with Crippen molar-refractivity contribution in [2.45, 2.75) is 33.6 Å². The Labute approximate surface area is 172 Å². The van der Waals surface area contributed by atoms with Gasteiger partial charge in [-0.2, -0.15) is 14.9 Å². The minimum atomic E-state index is -0.324. The van der Waals surface area contributed by atoms with Crippen molar-refractivity contribution in [2.75, 3.05) is 5.32 Å². The molecule has 0 bridgehead atoms. The number of anilines is 1. The van der Waals surface area contributed by atoms with Crippen LogP contribution in [-0.2, 0) is 4.79 Å². The first-order valence-corrected chi connectivity index (χ1v) is 9.84. The number of nitrogens with zero attached hydrogens (tertiary/aromatic N) is 6. The largest absolute Gasteiger partial charge is 0.310 e. The summed E-state index contributed by atoms with van der Waals surface area (Å²) in [5.41, 5.74) is 1.97. The van der Waals surface area contributed by atoms with Gasteiger partial charge in [0.25, 0.3) is 0 Å². The third kappa shape index (κ3) is 3.54. The molecule has 1 aromatic carbocycles. The highest BCUT2D eigenvalue weighted by atomic mass is 19.1. The molecule has 3 heterocycles. The van der Waals surface area contributed by atoms with Gasteiger partial charge in [0.2, 0.25) is 5.91 Å². The van der Waals surface area contributed by atoms with E-state index in [4.69, 9.17) is 0 Å². The van der Waals surface area contributed by atoms with E-state index in [0.717, 1.165) is 18.5 Å². The number of amides is 1. The van der Waals surface area contributed by atoms with Crippen LogP contribution in [-0.4, -0.2) is 35.4 Å². The summed E-state index contributed by atoms with van der Waals surface area (Å²) in [6.07, 6.45) is 4.58. The first kappa shape index (κ1) is 19.7.